The Hall–Kier alpha value is -0.570. The summed E-state index contributed by atoms with van der Waals surface area (Å²) in [6.45, 7) is 2.40. The summed E-state index contributed by atoms with van der Waals surface area (Å²) in [6.07, 6.45) is 5.71. The van der Waals surface area contributed by atoms with Crippen LogP contribution in [0.5, 0.6) is 0 Å². The van der Waals surface area contributed by atoms with Crippen molar-refractivity contribution < 1.29 is 4.74 Å². The molecule has 0 saturated heterocycles. The molecule has 2 aliphatic rings. The maximum Gasteiger partial charge on any atom is 0.0718 e. The molecule has 0 aliphatic heterocycles. The predicted molar refractivity (Wildman–Crippen MR) is 78.3 cm³/mol. The van der Waals surface area contributed by atoms with Gasteiger partial charge in [-0.1, -0.05) is 23.7 Å². The summed E-state index contributed by atoms with van der Waals surface area (Å²) in [7, 11) is 0. The maximum atomic E-state index is 5.94. The van der Waals surface area contributed by atoms with Crippen LogP contribution in [-0.2, 0) is 11.3 Å². The average molecular weight is 280 g/mol. The lowest BCUT2D eigenvalue weighted by Crippen LogP contribution is -2.35. The van der Waals surface area contributed by atoms with Gasteiger partial charge in [-0.2, -0.15) is 0 Å². The lowest BCUT2D eigenvalue weighted by molar-refractivity contribution is 0.119. The molecule has 0 radical (unpaired) electrons. The fourth-order valence-corrected chi connectivity index (χ4v) is 2.96. The molecule has 2 saturated carbocycles. The van der Waals surface area contributed by atoms with Crippen molar-refractivity contribution in [3.63, 3.8) is 0 Å². The largest absolute Gasteiger partial charge is 0.375 e. The van der Waals surface area contributed by atoms with Crippen LogP contribution in [0.1, 0.15) is 31.2 Å². The Morgan fingerprint density at radius 2 is 1.95 bits per heavy atom. The molecule has 3 rings (SSSR count). The summed E-state index contributed by atoms with van der Waals surface area (Å²) in [5, 5.41) is 4.47. The molecule has 0 unspecified atom stereocenters. The molecular formula is C16H22ClNO. The second kappa shape index (κ2) is 6.25. The minimum atomic E-state index is 0.653. The number of ether oxygens (including phenoxy) is 1. The van der Waals surface area contributed by atoms with Gasteiger partial charge in [-0.3, -0.25) is 0 Å². The standard InChI is InChI=1S/C16H22ClNO/c17-15-3-1-2-12(10-15)11-19-9-8-18-16(13-4-5-13)14-6-7-14/h1-3,10,13-14,16,18H,4-9,11H2. The summed E-state index contributed by atoms with van der Waals surface area (Å²) in [6, 6.07) is 8.65. The van der Waals surface area contributed by atoms with Gasteiger partial charge in [0.1, 0.15) is 0 Å². The highest BCUT2D eigenvalue weighted by Crippen LogP contribution is 2.44. The second-order valence-corrected chi connectivity index (χ2v) is 6.27. The molecule has 0 bridgehead atoms. The first-order valence-electron chi connectivity index (χ1n) is 7.38. The van der Waals surface area contributed by atoms with Gasteiger partial charge in [-0.05, 0) is 55.2 Å². The van der Waals surface area contributed by atoms with E-state index in [-0.39, 0.29) is 0 Å². The first-order chi connectivity index (χ1) is 9.33. The van der Waals surface area contributed by atoms with Crippen molar-refractivity contribution in [2.24, 2.45) is 11.8 Å². The molecule has 2 nitrogen and oxygen atoms in total. The zero-order valence-electron chi connectivity index (χ0n) is 11.3. The monoisotopic (exact) mass is 279 g/mol. The van der Waals surface area contributed by atoms with Crippen molar-refractivity contribution in [3.8, 4) is 0 Å². The van der Waals surface area contributed by atoms with Crippen molar-refractivity contribution in [3.05, 3.63) is 34.9 Å². The van der Waals surface area contributed by atoms with Gasteiger partial charge in [0.05, 0.1) is 13.2 Å². The van der Waals surface area contributed by atoms with E-state index in [0.717, 1.165) is 41.6 Å². The minimum absolute atomic E-state index is 0.653. The Labute approximate surface area is 120 Å². The van der Waals surface area contributed by atoms with E-state index in [2.05, 4.69) is 11.4 Å². The first kappa shape index (κ1) is 13.4. The van der Waals surface area contributed by atoms with Gasteiger partial charge in [0, 0.05) is 17.6 Å². The summed E-state index contributed by atoms with van der Waals surface area (Å²) in [4.78, 5) is 0. The molecule has 0 atom stereocenters. The summed E-state index contributed by atoms with van der Waals surface area (Å²) < 4.78 is 5.70. The topological polar surface area (TPSA) is 21.3 Å². The van der Waals surface area contributed by atoms with Crippen LogP contribution >= 0.6 is 11.6 Å². The molecule has 104 valence electrons. The van der Waals surface area contributed by atoms with Crippen LogP contribution in [0.15, 0.2) is 24.3 Å². The highest BCUT2D eigenvalue weighted by atomic mass is 35.5. The van der Waals surface area contributed by atoms with Crippen molar-refractivity contribution in [1.29, 1.82) is 0 Å². The molecule has 0 amide bonds. The number of hydrogen-bond acceptors (Lipinski definition) is 2. The fourth-order valence-electron chi connectivity index (χ4n) is 2.74. The van der Waals surface area contributed by atoms with Crippen LogP contribution in [-0.4, -0.2) is 19.2 Å². The molecular weight excluding hydrogens is 258 g/mol. The van der Waals surface area contributed by atoms with E-state index in [9.17, 15) is 0 Å². The van der Waals surface area contributed by atoms with E-state index in [0.29, 0.717) is 6.61 Å². The molecule has 0 aromatic heterocycles. The molecule has 3 heteroatoms. The van der Waals surface area contributed by atoms with Crippen molar-refractivity contribution in [1.82, 2.24) is 5.32 Å². The van der Waals surface area contributed by atoms with Crippen LogP contribution in [0.3, 0.4) is 0 Å². The van der Waals surface area contributed by atoms with Crippen LogP contribution in [0.4, 0.5) is 0 Å². The van der Waals surface area contributed by atoms with Gasteiger partial charge in [0.2, 0.25) is 0 Å². The fraction of sp³-hybridized carbons (Fsp3) is 0.625. The first-order valence-corrected chi connectivity index (χ1v) is 7.76. The Bertz CT molecular complexity index is 403. The van der Waals surface area contributed by atoms with E-state index in [1.807, 2.05) is 18.2 Å². The van der Waals surface area contributed by atoms with Crippen LogP contribution in [0, 0.1) is 11.8 Å². The maximum absolute atomic E-state index is 5.94. The highest BCUT2D eigenvalue weighted by molar-refractivity contribution is 6.30. The number of rotatable bonds is 8. The van der Waals surface area contributed by atoms with Crippen molar-refractivity contribution >= 4 is 11.6 Å². The third-order valence-corrected chi connectivity index (χ3v) is 4.28. The third-order valence-electron chi connectivity index (χ3n) is 4.04. The zero-order chi connectivity index (χ0) is 13.1. The van der Waals surface area contributed by atoms with Gasteiger partial charge in [-0.15, -0.1) is 0 Å². The van der Waals surface area contributed by atoms with Crippen molar-refractivity contribution in [2.75, 3.05) is 13.2 Å². The zero-order valence-corrected chi connectivity index (χ0v) is 12.0. The highest BCUT2D eigenvalue weighted by Gasteiger charge is 2.40. The lowest BCUT2D eigenvalue weighted by atomic mass is 10.1. The number of hydrogen-bond donors (Lipinski definition) is 1. The number of nitrogens with one attached hydrogen (secondary N) is 1. The van der Waals surface area contributed by atoms with E-state index in [4.69, 9.17) is 16.3 Å². The van der Waals surface area contributed by atoms with Gasteiger partial charge in [0.25, 0.3) is 0 Å². The minimum Gasteiger partial charge on any atom is -0.375 e. The Balaban J connectivity index is 1.32. The van der Waals surface area contributed by atoms with Crippen molar-refractivity contribution in [2.45, 2.75) is 38.3 Å². The third kappa shape index (κ3) is 4.20. The van der Waals surface area contributed by atoms with E-state index >= 15 is 0 Å². The number of halogens is 1. The van der Waals surface area contributed by atoms with E-state index in [1.165, 1.54) is 25.7 Å². The van der Waals surface area contributed by atoms with Gasteiger partial charge in [0.15, 0.2) is 0 Å². The molecule has 1 aromatic carbocycles. The van der Waals surface area contributed by atoms with Crippen LogP contribution in [0.2, 0.25) is 5.02 Å². The molecule has 0 heterocycles. The number of benzene rings is 1. The molecule has 1 aromatic rings. The second-order valence-electron chi connectivity index (χ2n) is 5.84. The van der Waals surface area contributed by atoms with Crippen LogP contribution < -0.4 is 5.32 Å². The average Bonchev–Trinajstić information content (AvgIpc) is 3.27. The lowest BCUT2D eigenvalue weighted by Gasteiger charge is -2.17. The summed E-state index contributed by atoms with van der Waals surface area (Å²) >= 11 is 5.94. The van der Waals surface area contributed by atoms with Gasteiger partial charge in [-0.25, -0.2) is 0 Å². The predicted octanol–water partition coefficient (Wildman–Crippen LogP) is 3.63. The summed E-state index contributed by atoms with van der Waals surface area (Å²) in [5.74, 6) is 1.92. The van der Waals surface area contributed by atoms with Crippen LogP contribution in [0.25, 0.3) is 0 Å². The van der Waals surface area contributed by atoms with Gasteiger partial charge >= 0.3 is 0 Å². The molecule has 2 aliphatic carbocycles. The SMILES string of the molecule is Clc1cccc(COCCNC(C2CC2)C2CC2)c1. The quantitative estimate of drug-likeness (QED) is 0.734. The smallest absolute Gasteiger partial charge is 0.0718 e. The molecule has 0 spiro atoms. The van der Waals surface area contributed by atoms with Gasteiger partial charge < -0.3 is 10.1 Å². The summed E-state index contributed by atoms with van der Waals surface area (Å²) in [5.41, 5.74) is 1.15. The van der Waals surface area contributed by atoms with E-state index < -0.39 is 0 Å². The normalized spacial score (nSPS) is 19.1. The molecule has 1 N–H and O–H groups in total. The molecule has 19 heavy (non-hydrogen) atoms. The Kier molecular flexibility index (Phi) is 4.42. The Morgan fingerprint density at radius 1 is 1.21 bits per heavy atom. The molecule has 2 fully saturated rings. The Morgan fingerprint density at radius 3 is 2.58 bits per heavy atom. The van der Waals surface area contributed by atoms with E-state index in [1.54, 1.807) is 0 Å².